The number of rotatable bonds is 6. The average molecular weight is 548 g/mol. The molecule has 4 N–H and O–H groups in total. The van der Waals surface area contributed by atoms with Gasteiger partial charge in [-0.3, -0.25) is 19.8 Å². The minimum Gasteiger partial charge on any atom is -0.351 e. The number of sulfonamides is 1. The van der Waals surface area contributed by atoms with Crippen LogP contribution in [0.1, 0.15) is 64.8 Å². The zero-order chi connectivity index (χ0) is 26.9. The second-order valence-corrected chi connectivity index (χ2v) is 12.9. The van der Waals surface area contributed by atoms with E-state index in [1.165, 1.54) is 39.9 Å². The number of piperidine rings is 1. The first kappa shape index (κ1) is 27.2. The van der Waals surface area contributed by atoms with Gasteiger partial charge in [0, 0.05) is 42.7 Å². The minimum absolute atomic E-state index is 0.139. The normalized spacial score (nSPS) is 17.4. The van der Waals surface area contributed by atoms with E-state index in [0.29, 0.717) is 43.0 Å². The third-order valence-corrected chi connectivity index (χ3v) is 10.0. The van der Waals surface area contributed by atoms with E-state index in [9.17, 15) is 22.8 Å². The van der Waals surface area contributed by atoms with Gasteiger partial charge >= 0.3 is 6.03 Å². The van der Waals surface area contributed by atoms with Crippen molar-refractivity contribution in [2.24, 2.45) is 11.7 Å². The van der Waals surface area contributed by atoms with Crippen molar-refractivity contribution in [3.63, 3.8) is 0 Å². The maximum atomic E-state index is 13.1. The number of amides is 4. The van der Waals surface area contributed by atoms with Gasteiger partial charge in [-0.1, -0.05) is 6.92 Å². The summed E-state index contributed by atoms with van der Waals surface area (Å²) in [5.74, 6) is -0.636. The smallest absolute Gasteiger partial charge is 0.319 e. The van der Waals surface area contributed by atoms with E-state index in [0.717, 1.165) is 29.8 Å². The molecule has 1 saturated heterocycles. The number of carbonyl (C=O) groups is 3. The lowest BCUT2D eigenvalue weighted by Crippen LogP contribution is -2.38. The molecule has 2 aliphatic rings. The molecule has 0 aliphatic carbocycles. The van der Waals surface area contributed by atoms with Crippen LogP contribution >= 0.6 is 11.3 Å². The number of nitrogens with zero attached hydrogens (tertiary/aromatic N) is 2. The Morgan fingerprint density at radius 1 is 1.05 bits per heavy atom. The van der Waals surface area contributed by atoms with Gasteiger partial charge in [-0.05, 0) is 68.9 Å². The fourth-order valence-electron chi connectivity index (χ4n) is 4.69. The van der Waals surface area contributed by atoms with Crippen LogP contribution in [0.2, 0.25) is 0 Å². The second kappa shape index (κ2) is 10.9. The summed E-state index contributed by atoms with van der Waals surface area (Å²) in [5, 5.41) is 5.24. The number of primary amides is 1. The molecule has 1 fully saturated rings. The van der Waals surface area contributed by atoms with Crippen molar-refractivity contribution in [1.29, 1.82) is 0 Å². The molecule has 0 unspecified atom stereocenters. The van der Waals surface area contributed by atoms with E-state index in [4.69, 9.17) is 5.73 Å². The molecule has 0 bridgehead atoms. The zero-order valence-corrected chi connectivity index (χ0v) is 22.9. The van der Waals surface area contributed by atoms with Gasteiger partial charge in [-0.15, -0.1) is 11.3 Å². The summed E-state index contributed by atoms with van der Waals surface area (Å²) in [5.41, 5.74) is 6.47. The standard InChI is InChI=1S/C25H33N5O5S2/c1-15(2)29-11-10-19-20(14-29)36-24(21(19)23(32)28-25(26)33)27-22(31)17-4-6-18(7-5-17)37(34,35)30-12-8-16(3)9-13-30/h4-7,15-16H,8-14H2,1-3H3,(H,27,31)(H3,26,28,32,33). The highest BCUT2D eigenvalue weighted by molar-refractivity contribution is 7.89. The second-order valence-electron chi connectivity index (χ2n) is 9.91. The molecule has 1 aromatic heterocycles. The predicted octanol–water partition coefficient (Wildman–Crippen LogP) is 3.00. The van der Waals surface area contributed by atoms with Crippen LogP contribution < -0.4 is 16.4 Å². The highest BCUT2D eigenvalue weighted by atomic mass is 32.2. The lowest BCUT2D eigenvalue weighted by Gasteiger charge is -2.30. The summed E-state index contributed by atoms with van der Waals surface area (Å²) in [4.78, 5) is 40.6. The number of carbonyl (C=O) groups excluding carboxylic acids is 3. The molecular weight excluding hydrogens is 514 g/mol. The molecule has 4 amide bonds. The first-order chi connectivity index (χ1) is 17.5. The Morgan fingerprint density at radius 3 is 2.30 bits per heavy atom. The van der Waals surface area contributed by atoms with Crippen molar-refractivity contribution in [1.82, 2.24) is 14.5 Å². The Balaban J connectivity index is 1.56. The molecule has 12 heteroatoms. The maximum Gasteiger partial charge on any atom is 0.319 e. The summed E-state index contributed by atoms with van der Waals surface area (Å²) in [6, 6.07) is 5.14. The molecule has 0 atom stereocenters. The average Bonchev–Trinajstić information content (AvgIpc) is 3.21. The van der Waals surface area contributed by atoms with Gasteiger partial charge in [-0.25, -0.2) is 13.2 Å². The fraction of sp³-hybridized carbons (Fsp3) is 0.480. The summed E-state index contributed by atoms with van der Waals surface area (Å²) in [6.45, 7) is 8.65. The number of imide groups is 1. The largest absolute Gasteiger partial charge is 0.351 e. The number of thiophene rings is 1. The summed E-state index contributed by atoms with van der Waals surface area (Å²) < 4.78 is 27.5. The molecule has 200 valence electrons. The third kappa shape index (κ3) is 5.87. The van der Waals surface area contributed by atoms with Crippen molar-refractivity contribution in [2.75, 3.05) is 25.0 Å². The van der Waals surface area contributed by atoms with Crippen LogP contribution in [0.3, 0.4) is 0 Å². The van der Waals surface area contributed by atoms with Crippen molar-refractivity contribution in [3.05, 3.63) is 45.8 Å². The van der Waals surface area contributed by atoms with Crippen molar-refractivity contribution < 1.29 is 22.8 Å². The van der Waals surface area contributed by atoms with Gasteiger partial charge < -0.3 is 11.1 Å². The maximum absolute atomic E-state index is 13.1. The number of nitrogens with one attached hydrogen (secondary N) is 2. The predicted molar refractivity (Wildman–Crippen MR) is 142 cm³/mol. The highest BCUT2D eigenvalue weighted by Crippen LogP contribution is 2.38. The Morgan fingerprint density at radius 2 is 1.70 bits per heavy atom. The van der Waals surface area contributed by atoms with Crippen molar-refractivity contribution >= 4 is 44.2 Å². The molecule has 2 aliphatic heterocycles. The van der Waals surface area contributed by atoms with E-state index < -0.39 is 27.9 Å². The van der Waals surface area contributed by atoms with Crippen LogP contribution in [0.25, 0.3) is 0 Å². The van der Waals surface area contributed by atoms with Crippen LogP contribution in [-0.4, -0.2) is 61.1 Å². The third-order valence-electron chi connectivity index (χ3n) is 7.00. The number of benzene rings is 1. The SMILES string of the molecule is CC1CCN(S(=O)(=O)c2ccc(C(=O)Nc3sc4c(c3C(=O)NC(N)=O)CCN(C(C)C)C4)cc2)CC1. The molecule has 0 spiro atoms. The topological polar surface area (TPSA) is 142 Å². The fourth-order valence-corrected chi connectivity index (χ4v) is 7.43. The van der Waals surface area contributed by atoms with Crippen LogP contribution in [0.15, 0.2) is 29.2 Å². The molecule has 1 aromatic carbocycles. The van der Waals surface area contributed by atoms with E-state index >= 15 is 0 Å². The lowest BCUT2D eigenvalue weighted by molar-refractivity contribution is 0.0965. The highest BCUT2D eigenvalue weighted by Gasteiger charge is 2.31. The van der Waals surface area contributed by atoms with Gasteiger partial charge in [0.25, 0.3) is 11.8 Å². The van der Waals surface area contributed by atoms with Crippen LogP contribution in [0, 0.1) is 5.92 Å². The van der Waals surface area contributed by atoms with Crippen LogP contribution in [-0.2, 0) is 23.0 Å². The first-order valence-corrected chi connectivity index (χ1v) is 14.6. The number of hydrogen-bond donors (Lipinski definition) is 3. The van der Waals surface area contributed by atoms with Gasteiger partial charge in [0.1, 0.15) is 5.00 Å². The number of hydrogen-bond acceptors (Lipinski definition) is 7. The molecule has 3 heterocycles. The number of fused-ring (bicyclic) bond motifs is 1. The summed E-state index contributed by atoms with van der Waals surface area (Å²) >= 11 is 1.30. The van der Waals surface area contributed by atoms with Crippen LogP contribution in [0.5, 0.6) is 0 Å². The van der Waals surface area contributed by atoms with E-state index in [1.807, 2.05) is 0 Å². The number of anilines is 1. The van der Waals surface area contributed by atoms with E-state index in [1.54, 1.807) is 0 Å². The lowest BCUT2D eigenvalue weighted by atomic mass is 10.0. The van der Waals surface area contributed by atoms with Gasteiger partial charge in [0.2, 0.25) is 10.0 Å². The van der Waals surface area contributed by atoms with Gasteiger partial charge in [-0.2, -0.15) is 4.31 Å². The number of nitrogens with two attached hydrogens (primary N) is 1. The summed E-state index contributed by atoms with van der Waals surface area (Å²) in [6.07, 6.45) is 2.25. The zero-order valence-electron chi connectivity index (χ0n) is 21.2. The number of urea groups is 1. The van der Waals surface area contributed by atoms with Crippen LogP contribution in [0.4, 0.5) is 9.80 Å². The van der Waals surface area contributed by atoms with E-state index in [-0.39, 0.29) is 16.0 Å². The molecule has 37 heavy (non-hydrogen) atoms. The Kier molecular flexibility index (Phi) is 8.02. The molecule has 0 radical (unpaired) electrons. The Hall–Kier alpha value is -2.80. The minimum atomic E-state index is -3.63. The van der Waals surface area contributed by atoms with Gasteiger partial charge in [0.05, 0.1) is 10.5 Å². The van der Waals surface area contributed by atoms with Crippen molar-refractivity contribution in [2.45, 2.75) is 57.5 Å². The summed E-state index contributed by atoms with van der Waals surface area (Å²) in [7, 11) is -3.63. The molecular formula is C25H33N5O5S2. The van der Waals surface area contributed by atoms with Gasteiger partial charge in [0.15, 0.2) is 0 Å². The monoisotopic (exact) mass is 547 g/mol. The first-order valence-electron chi connectivity index (χ1n) is 12.4. The quantitative estimate of drug-likeness (QED) is 0.508. The Labute approximate surface area is 221 Å². The molecule has 0 saturated carbocycles. The Bertz CT molecular complexity index is 1300. The van der Waals surface area contributed by atoms with Crippen molar-refractivity contribution in [3.8, 4) is 0 Å². The molecule has 10 nitrogen and oxygen atoms in total. The molecule has 2 aromatic rings. The van der Waals surface area contributed by atoms with E-state index in [2.05, 4.69) is 36.3 Å². The molecule has 4 rings (SSSR count).